The average molecular weight is 478 g/mol. The molecular weight excluding hydrogens is 456 g/mol. The summed E-state index contributed by atoms with van der Waals surface area (Å²) in [4.78, 5) is 23.2. The zero-order chi connectivity index (χ0) is 23.1. The molecule has 2 N–H and O–H groups in total. The van der Waals surface area contributed by atoms with Crippen LogP contribution in [0.25, 0.3) is 0 Å². The molecule has 168 valence electrons. The predicted molar refractivity (Wildman–Crippen MR) is 124 cm³/mol. The number of carbonyl (C=O) groups excluding carboxylic acids is 1. The molecule has 10 heteroatoms. The maximum atomic E-state index is 13.5. The van der Waals surface area contributed by atoms with Crippen LogP contribution in [0.2, 0.25) is 10.0 Å². The van der Waals surface area contributed by atoms with Crippen LogP contribution in [-0.4, -0.2) is 35.8 Å². The van der Waals surface area contributed by atoms with Gasteiger partial charge in [-0.05, 0) is 43.3 Å². The van der Waals surface area contributed by atoms with Crippen LogP contribution >= 0.6 is 23.2 Å². The molecule has 0 fully saturated rings. The normalized spacial score (nSPS) is 11.7. The Morgan fingerprint density at radius 1 is 1.16 bits per heavy atom. The molecule has 3 aromatic rings. The van der Waals surface area contributed by atoms with Gasteiger partial charge in [0.15, 0.2) is 0 Å². The summed E-state index contributed by atoms with van der Waals surface area (Å²) in [6.07, 6.45) is 1.53. The monoisotopic (exact) mass is 477 g/mol. The minimum atomic E-state index is -0.498. The number of ether oxygens (including phenoxy) is 1. The van der Waals surface area contributed by atoms with Gasteiger partial charge in [-0.1, -0.05) is 29.3 Å². The summed E-state index contributed by atoms with van der Waals surface area (Å²) in [5.74, 6) is 0.193. The Morgan fingerprint density at radius 3 is 2.50 bits per heavy atom. The molecule has 0 aliphatic rings. The lowest BCUT2D eigenvalue weighted by Crippen LogP contribution is -2.37. The second-order valence-electron chi connectivity index (χ2n) is 6.91. The summed E-state index contributed by atoms with van der Waals surface area (Å²) >= 11 is 12.4. The van der Waals surface area contributed by atoms with Crippen molar-refractivity contribution in [1.82, 2.24) is 15.3 Å². The van der Waals surface area contributed by atoms with E-state index in [-0.39, 0.29) is 12.6 Å². The van der Waals surface area contributed by atoms with Crippen LogP contribution in [0.3, 0.4) is 0 Å². The van der Waals surface area contributed by atoms with Crippen molar-refractivity contribution in [2.75, 3.05) is 23.9 Å². The van der Waals surface area contributed by atoms with E-state index in [0.717, 1.165) is 0 Å². The first-order chi connectivity index (χ1) is 15.4. The molecule has 7 nitrogen and oxygen atoms in total. The summed E-state index contributed by atoms with van der Waals surface area (Å²) in [6, 6.07) is 11.6. The molecule has 0 radical (unpaired) electrons. The van der Waals surface area contributed by atoms with Crippen molar-refractivity contribution < 1.29 is 13.9 Å². The molecule has 0 aliphatic heterocycles. The number of benzene rings is 2. The van der Waals surface area contributed by atoms with Gasteiger partial charge in [0.05, 0.1) is 12.3 Å². The average Bonchev–Trinajstić information content (AvgIpc) is 2.75. The van der Waals surface area contributed by atoms with Crippen molar-refractivity contribution in [3.8, 4) is 0 Å². The van der Waals surface area contributed by atoms with E-state index in [4.69, 9.17) is 27.9 Å². The van der Waals surface area contributed by atoms with Crippen LogP contribution in [-0.2, 0) is 11.3 Å². The highest BCUT2D eigenvalue weighted by molar-refractivity contribution is 6.36. The minimum Gasteiger partial charge on any atom is -0.383 e. The van der Waals surface area contributed by atoms with Gasteiger partial charge in [-0.15, -0.1) is 0 Å². The first kappa shape index (κ1) is 23.7. The first-order valence-electron chi connectivity index (χ1n) is 9.74. The van der Waals surface area contributed by atoms with Crippen LogP contribution < -0.4 is 15.5 Å². The molecule has 0 saturated heterocycles. The number of urea groups is 1. The number of rotatable bonds is 8. The van der Waals surface area contributed by atoms with Gasteiger partial charge in [0.2, 0.25) is 5.95 Å². The number of nitrogens with zero attached hydrogens (tertiary/aromatic N) is 3. The third kappa shape index (κ3) is 6.06. The van der Waals surface area contributed by atoms with Gasteiger partial charge in [-0.25, -0.2) is 19.1 Å². The molecule has 0 spiro atoms. The lowest BCUT2D eigenvalue weighted by molar-refractivity contribution is 0.190. The Balaban J connectivity index is 1.89. The second kappa shape index (κ2) is 11.1. The Hall–Kier alpha value is -2.94. The smallest absolute Gasteiger partial charge is 0.327 e. The Bertz CT molecular complexity index is 1050. The van der Waals surface area contributed by atoms with Gasteiger partial charge < -0.3 is 15.4 Å². The number of hydrogen-bond acceptors (Lipinski definition) is 5. The molecule has 1 aromatic heterocycles. The molecule has 32 heavy (non-hydrogen) atoms. The third-order valence-electron chi connectivity index (χ3n) is 4.43. The van der Waals surface area contributed by atoms with Crippen LogP contribution in [0, 0.1) is 5.82 Å². The molecular formula is C22H22Cl2FN5O2. The summed E-state index contributed by atoms with van der Waals surface area (Å²) in [7, 11) is 1.60. The van der Waals surface area contributed by atoms with E-state index in [1.165, 1.54) is 35.4 Å². The number of halogens is 3. The van der Waals surface area contributed by atoms with E-state index in [9.17, 15) is 9.18 Å². The lowest BCUT2D eigenvalue weighted by Gasteiger charge is -2.23. The fourth-order valence-electron chi connectivity index (χ4n) is 2.94. The number of aromatic nitrogens is 2. The highest BCUT2D eigenvalue weighted by Crippen LogP contribution is 2.27. The summed E-state index contributed by atoms with van der Waals surface area (Å²) in [6.45, 7) is 2.46. The zero-order valence-corrected chi connectivity index (χ0v) is 19.0. The quantitative estimate of drug-likeness (QED) is 0.452. The number of anilines is 3. The van der Waals surface area contributed by atoms with E-state index in [0.29, 0.717) is 39.7 Å². The van der Waals surface area contributed by atoms with E-state index >= 15 is 0 Å². The predicted octanol–water partition coefficient (Wildman–Crippen LogP) is 5.42. The minimum absolute atomic E-state index is 0.0503. The standard InChI is InChI=1S/C22H22Cl2FN5O2/c1-14(13-32-2)28-21-26-11-10-20(29-21)30(16-8-6-15(25)7-9-16)22(31)27-12-17-18(23)4-3-5-19(17)24/h3-11,14H,12-13H2,1-2H3,(H,27,31)(H,26,28,29)/t14-/m0/s1. The zero-order valence-electron chi connectivity index (χ0n) is 17.5. The second-order valence-corrected chi connectivity index (χ2v) is 7.72. The molecule has 0 unspecified atom stereocenters. The summed E-state index contributed by atoms with van der Waals surface area (Å²) in [5, 5.41) is 6.78. The van der Waals surface area contributed by atoms with Crippen molar-refractivity contribution in [2.24, 2.45) is 0 Å². The molecule has 0 saturated carbocycles. The van der Waals surface area contributed by atoms with Gasteiger partial charge >= 0.3 is 6.03 Å². The molecule has 1 atom stereocenters. The van der Waals surface area contributed by atoms with Crippen LogP contribution in [0.5, 0.6) is 0 Å². The van der Waals surface area contributed by atoms with Gasteiger partial charge in [0, 0.05) is 47.6 Å². The molecule has 2 aromatic carbocycles. The Morgan fingerprint density at radius 2 is 1.84 bits per heavy atom. The van der Waals surface area contributed by atoms with E-state index in [2.05, 4.69) is 20.6 Å². The number of nitrogens with one attached hydrogen (secondary N) is 2. The Kier molecular flexibility index (Phi) is 8.21. The van der Waals surface area contributed by atoms with Gasteiger partial charge in [-0.2, -0.15) is 4.98 Å². The van der Waals surface area contributed by atoms with Crippen molar-refractivity contribution in [3.63, 3.8) is 0 Å². The van der Waals surface area contributed by atoms with E-state index < -0.39 is 11.8 Å². The molecule has 0 aliphatic carbocycles. The van der Waals surface area contributed by atoms with Gasteiger partial charge in [-0.3, -0.25) is 0 Å². The van der Waals surface area contributed by atoms with E-state index in [1.54, 1.807) is 31.4 Å². The van der Waals surface area contributed by atoms with Gasteiger partial charge in [0.25, 0.3) is 0 Å². The largest absolute Gasteiger partial charge is 0.383 e. The van der Waals surface area contributed by atoms with Crippen molar-refractivity contribution in [1.29, 1.82) is 0 Å². The third-order valence-corrected chi connectivity index (χ3v) is 5.14. The SMILES string of the molecule is COC[C@H](C)Nc1nccc(N(C(=O)NCc2c(Cl)cccc2Cl)c2ccc(F)cc2)n1. The maximum Gasteiger partial charge on any atom is 0.327 e. The highest BCUT2D eigenvalue weighted by atomic mass is 35.5. The first-order valence-corrected chi connectivity index (χ1v) is 10.5. The molecule has 1 heterocycles. The topological polar surface area (TPSA) is 79.4 Å². The van der Waals surface area contributed by atoms with Gasteiger partial charge in [0.1, 0.15) is 11.6 Å². The Labute approximate surface area is 195 Å². The van der Waals surface area contributed by atoms with E-state index in [1.807, 2.05) is 6.92 Å². The number of methoxy groups -OCH3 is 1. The van der Waals surface area contributed by atoms with Crippen LogP contribution in [0.15, 0.2) is 54.7 Å². The van der Waals surface area contributed by atoms with Crippen LogP contribution in [0.4, 0.5) is 26.6 Å². The number of hydrogen-bond donors (Lipinski definition) is 2. The van der Waals surface area contributed by atoms with Crippen molar-refractivity contribution in [2.45, 2.75) is 19.5 Å². The van der Waals surface area contributed by atoms with Crippen molar-refractivity contribution in [3.05, 3.63) is 76.2 Å². The fraction of sp³-hybridized carbons (Fsp3) is 0.227. The number of carbonyl (C=O) groups is 1. The fourth-order valence-corrected chi connectivity index (χ4v) is 3.47. The van der Waals surface area contributed by atoms with Crippen LogP contribution in [0.1, 0.15) is 12.5 Å². The molecule has 3 rings (SSSR count). The lowest BCUT2D eigenvalue weighted by atomic mass is 10.2. The molecule has 0 bridgehead atoms. The van der Waals surface area contributed by atoms with Crippen molar-refractivity contribution >= 4 is 46.7 Å². The number of amides is 2. The summed E-state index contributed by atoms with van der Waals surface area (Å²) < 4.78 is 18.6. The maximum absolute atomic E-state index is 13.5. The molecule has 2 amide bonds. The summed E-state index contributed by atoms with van der Waals surface area (Å²) in [5.41, 5.74) is 1.01. The highest BCUT2D eigenvalue weighted by Gasteiger charge is 2.21.